The second-order valence-corrected chi connectivity index (χ2v) is 5.42. The van der Waals surface area contributed by atoms with Gasteiger partial charge in [-0.15, -0.1) is 11.3 Å². The van der Waals surface area contributed by atoms with E-state index in [2.05, 4.69) is 10.3 Å². The third-order valence-corrected chi connectivity index (χ3v) is 4.14. The van der Waals surface area contributed by atoms with Crippen LogP contribution in [-0.4, -0.2) is 16.5 Å². The molecule has 1 N–H and O–H groups in total. The molecule has 1 unspecified atom stereocenters. The van der Waals surface area contributed by atoms with Crippen molar-refractivity contribution in [2.75, 3.05) is 11.9 Å². The fourth-order valence-corrected chi connectivity index (χ4v) is 2.88. The molecule has 0 spiro atoms. The van der Waals surface area contributed by atoms with Crippen molar-refractivity contribution in [1.82, 2.24) is 4.98 Å². The highest BCUT2D eigenvalue weighted by Gasteiger charge is 2.19. The predicted molar refractivity (Wildman–Crippen MR) is 83.2 cm³/mol. The highest BCUT2D eigenvalue weighted by Crippen LogP contribution is 2.33. The second kappa shape index (κ2) is 6.53. The number of hydrogen-bond donors (Lipinski definition) is 1. The summed E-state index contributed by atoms with van der Waals surface area (Å²) in [6.45, 7) is 6.20. The molecule has 0 amide bonds. The maximum Gasteiger partial charge on any atom is 0.296 e. The molecule has 0 aliphatic heterocycles. The number of aromatic nitrogens is 1. The third-order valence-electron chi connectivity index (χ3n) is 3.02. The molecular formula is C14H17N3O3S. The molecule has 2 aromatic rings. The summed E-state index contributed by atoms with van der Waals surface area (Å²) in [6, 6.07) is 4.80. The number of nitro groups is 1. The maximum absolute atomic E-state index is 11.2. The molecule has 1 aromatic carbocycles. The minimum atomic E-state index is -0.406. The first-order valence-corrected chi connectivity index (χ1v) is 7.48. The third kappa shape index (κ3) is 3.49. The predicted octanol–water partition coefficient (Wildman–Crippen LogP) is 3.93. The largest absolute Gasteiger partial charge is 0.494 e. The van der Waals surface area contributed by atoms with E-state index in [1.807, 2.05) is 20.8 Å². The van der Waals surface area contributed by atoms with E-state index < -0.39 is 4.92 Å². The number of nitro benzene ring substituents is 1. The van der Waals surface area contributed by atoms with Gasteiger partial charge in [-0.25, -0.2) is 4.98 Å². The molecule has 1 atom stereocenters. The molecular weight excluding hydrogens is 290 g/mol. The standard InChI is InChI=1S/C14H17N3O3S/c1-4-20-11-5-6-12(13(7-11)17(18)19)16-10(3)14-9(2)15-8-21-14/h5-8,10,16H,4H2,1-3H3. The highest BCUT2D eigenvalue weighted by atomic mass is 32.1. The molecule has 0 aliphatic rings. The fraction of sp³-hybridized carbons (Fsp3) is 0.357. The average molecular weight is 307 g/mol. The summed E-state index contributed by atoms with van der Waals surface area (Å²) in [5, 5.41) is 14.4. The summed E-state index contributed by atoms with van der Waals surface area (Å²) in [7, 11) is 0. The van der Waals surface area contributed by atoms with Gasteiger partial charge in [0.2, 0.25) is 0 Å². The monoisotopic (exact) mass is 307 g/mol. The molecule has 0 fully saturated rings. The number of nitrogens with one attached hydrogen (secondary N) is 1. The molecule has 7 heteroatoms. The van der Waals surface area contributed by atoms with Gasteiger partial charge in [0.15, 0.2) is 0 Å². The second-order valence-electron chi connectivity index (χ2n) is 4.54. The van der Waals surface area contributed by atoms with Gasteiger partial charge in [-0.3, -0.25) is 10.1 Å². The van der Waals surface area contributed by atoms with E-state index in [9.17, 15) is 10.1 Å². The van der Waals surface area contributed by atoms with Gasteiger partial charge in [0.05, 0.1) is 34.8 Å². The molecule has 2 rings (SSSR count). The number of aryl methyl sites for hydroxylation is 1. The summed E-state index contributed by atoms with van der Waals surface area (Å²) < 4.78 is 5.31. The minimum Gasteiger partial charge on any atom is -0.494 e. The van der Waals surface area contributed by atoms with Crippen LogP contribution in [0, 0.1) is 17.0 Å². The molecule has 0 aliphatic carbocycles. The Labute approximate surface area is 126 Å². The molecule has 0 bridgehead atoms. The minimum absolute atomic E-state index is 0.00923. The highest BCUT2D eigenvalue weighted by molar-refractivity contribution is 7.09. The number of nitrogens with zero attached hydrogens (tertiary/aromatic N) is 2. The smallest absolute Gasteiger partial charge is 0.296 e. The number of anilines is 1. The first-order valence-electron chi connectivity index (χ1n) is 6.60. The summed E-state index contributed by atoms with van der Waals surface area (Å²) in [4.78, 5) is 16.1. The zero-order chi connectivity index (χ0) is 15.4. The zero-order valence-electron chi connectivity index (χ0n) is 12.1. The van der Waals surface area contributed by atoms with Crippen LogP contribution in [0.1, 0.15) is 30.5 Å². The van der Waals surface area contributed by atoms with Crippen molar-refractivity contribution in [3.63, 3.8) is 0 Å². The molecule has 0 saturated carbocycles. The van der Waals surface area contributed by atoms with Crippen molar-refractivity contribution in [3.05, 3.63) is 44.4 Å². The quantitative estimate of drug-likeness (QED) is 0.646. The van der Waals surface area contributed by atoms with Crippen LogP contribution >= 0.6 is 11.3 Å². The summed E-state index contributed by atoms with van der Waals surface area (Å²) >= 11 is 1.53. The Bertz CT molecular complexity index is 642. The number of thiazole rings is 1. The number of hydrogen-bond acceptors (Lipinski definition) is 6. The fourth-order valence-electron chi connectivity index (χ4n) is 2.07. The van der Waals surface area contributed by atoms with Crippen LogP contribution in [0.4, 0.5) is 11.4 Å². The SMILES string of the molecule is CCOc1ccc(NC(C)c2scnc2C)c([N+](=O)[O-])c1. The van der Waals surface area contributed by atoms with E-state index in [1.54, 1.807) is 17.6 Å². The van der Waals surface area contributed by atoms with Crippen LogP contribution in [0.5, 0.6) is 5.75 Å². The Morgan fingerprint density at radius 2 is 2.29 bits per heavy atom. The normalized spacial score (nSPS) is 12.0. The molecule has 0 saturated heterocycles. The molecule has 1 heterocycles. The molecule has 112 valence electrons. The lowest BCUT2D eigenvalue weighted by molar-refractivity contribution is -0.384. The van der Waals surface area contributed by atoms with Gasteiger partial charge in [0, 0.05) is 4.88 Å². The topological polar surface area (TPSA) is 77.3 Å². The average Bonchev–Trinajstić information content (AvgIpc) is 2.87. The Kier molecular flexibility index (Phi) is 4.74. The van der Waals surface area contributed by atoms with E-state index >= 15 is 0 Å². The van der Waals surface area contributed by atoms with Crippen molar-refractivity contribution in [2.24, 2.45) is 0 Å². The Hall–Kier alpha value is -2.15. The molecule has 1 aromatic heterocycles. The lowest BCUT2D eigenvalue weighted by Gasteiger charge is -2.15. The van der Waals surface area contributed by atoms with E-state index in [1.165, 1.54) is 17.4 Å². The van der Waals surface area contributed by atoms with Gasteiger partial charge in [0.1, 0.15) is 11.4 Å². The van der Waals surface area contributed by atoms with Gasteiger partial charge in [-0.05, 0) is 32.9 Å². The summed E-state index contributed by atoms with van der Waals surface area (Å²) in [6.07, 6.45) is 0. The van der Waals surface area contributed by atoms with Gasteiger partial charge >= 0.3 is 0 Å². The molecule has 6 nitrogen and oxygen atoms in total. The first-order chi connectivity index (χ1) is 10.0. The molecule has 0 radical (unpaired) electrons. The van der Waals surface area contributed by atoms with Gasteiger partial charge in [-0.2, -0.15) is 0 Å². The summed E-state index contributed by atoms with van der Waals surface area (Å²) in [5.41, 5.74) is 3.20. The van der Waals surface area contributed by atoms with Crippen molar-refractivity contribution < 1.29 is 9.66 Å². The van der Waals surface area contributed by atoms with Gasteiger partial charge < -0.3 is 10.1 Å². The van der Waals surface area contributed by atoms with Crippen molar-refractivity contribution in [3.8, 4) is 5.75 Å². The molecule has 21 heavy (non-hydrogen) atoms. The Morgan fingerprint density at radius 3 is 2.86 bits per heavy atom. The van der Waals surface area contributed by atoms with Crippen molar-refractivity contribution >= 4 is 22.7 Å². The number of rotatable bonds is 6. The number of benzene rings is 1. The van der Waals surface area contributed by atoms with Crippen LogP contribution in [-0.2, 0) is 0 Å². The van der Waals surface area contributed by atoms with Gasteiger partial charge in [0.25, 0.3) is 5.69 Å². The maximum atomic E-state index is 11.2. The Morgan fingerprint density at radius 1 is 1.52 bits per heavy atom. The zero-order valence-corrected chi connectivity index (χ0v) is 12.9. The first kappa shape index (κ1) is 15.2. The number of ether oxygens (including phenoxy) is 1. The van der Waals surface area contributed by atoms with E-state index in [-0.39, 0.29) is 11.7 Å². The van der Waals surface area contributed by atoms with Crippen molar-refractivity contribution in [2.45, 2.75) is 26.8 Å². The van der Waals surface area contributed by atoms with Crippen molar-refractivity contribution in [1.29, 1.82) is 0 Å². The van der Waals surface area contributed by atoms with Crippen LogP contribution in [0.2, 0.25) is 0 Å². The van der Waals surface area contributed by atoms with Crippen LogP contribution in [0.3, 0.4) is 0 Å². The lowest BCUT2D eigenvalue weighted by Crippen LogP contribution is -2.08. The lowest BCUT2D eigenvalue weighted by atomic mass is 10.2. The van der Waals surface area contributed by atoms with Crippen LogP contribution in [0.25, 0.3) is 0 Å². The Balaban J connectivity index is 2.27. The van der Waals surface area contributed by atoms with Crippen LogP contribution in [0.15, 0.2) is 23.7 Å². The van der Waals surface area contributed by atoms with E-state index in [0.29, 0.717) is 18.0 Å². The van der Waals surface area contributed by atoms with E-state index in [4.69, 9.17) is 4.74 Å². The summed E-state index contributed by atoms with van der Waals surface area (Å²) in [5.74, 6) is 0.497. The van der Waals surface area contributed by atoms with Gasteiger partial charge in [-0.1, -0.05) is 0 Å². The van der Waals surface area contributed by atoms with E-state index in [0.717, 1.165) is 10.6 Å². The van der Waals surface area contributed by atoms with Crippen LogP contribution < -0.4 is 10.1 Å².